The van der Waals surface area contributed by atoms with Crippen LogP contribution in [0.2, 0.25) is 5.02 Å². The van der Waals surface area contributed by atoms with Crippen molar-refractivity contribution in [2.24, 2.45) is 5.92 Å². The van der Waals surface area contributed by atoms with Crippen molar-refractivity contribution in [2.45, 2.75) is 45.6 Å². The van der Waals surface area contributed by atoms with Crippen molar-refractivity contribution < 1.29 is 9.53 Å². The second-order valence-corrected chi connectivity index (χ2v) is 6.99. The van der Waals surface area contributed by atoms with Gasteiger partial charge in [-0.05, 0) is 69.2 Å². The molecule has 0 atom stereocenters. The second-order valence-electron chi connectivity index (χ2n) is 6.59. The molecular formula is C17H22ClNO2. The molecular weight excluding hydrogens is 286 g/mol. The lowest BCUT2D eigenvalue weighted by Crippen LogP contribution is -2.22. The van der Waals surface area contributed by atoms with Gasteiger partial charge in [0.05, 0.1) is 10.7 Å². The fourth-order valence-corrected chi connectivity index (χ4v) is 2.23. The number of ether oxygens (including phenoxy) is 1. The van der Waals surface area contributed by atoms with Gasteiger partial charge in [0.2, 0.25) is 0 Å². The molecule has 2 N–H and O–H groups in total. The molecule has 3 nitrogen and oxygen atoms in total. The van der Waals surface area contributed by atoms with Crippen LogP contribution in [0.4, 0.5) is 5.69 Å². The van der Waals surface area contributed by atoms with Crippen LogP contribution in [0.25, 0.3) is 5.57 Å². The molecule has 0 aliphatic heterocycles. The number of nitrogen functional groups attached to an aromatic ring is 1. The number of hydrogen-bond donors (Lipinski definition) is 1. The van der Waals surface area contributed by atoms with Gasteiger partial charge in [-0.3, -0.25) is 0 Å². The quantitative estimate of drug-likeness (QED) is 0.508. The summed E-state index contributed by atoms with van der Waals surface area (Å²) in [5, 5.41) is 0.529. The highest BCUT2D eigenvalue weighted by atomic mass is 35.5. The highest BCUT2D eigenvalue weighted by Gasteiger charge is 2.24. The van der Waals surface area contributed by atoms with Crippen LogP contribution in [-0.2, 0) is 9.53 Å². The predicted molar refractivity (Wildman–Crippen MR) is 87.0 cm³/mol. The Morgan fingerprint density at radius 3 is 2.62 bits per heavy atom. The van der Waals surface area contributed by atoms with E-state index in [2.05, 4.69) is 0 Å². The van der Waals surface area contributed by atoms with Crippen molar-refractivity contribution in [2.75, 3.05) is 5.73 Å². The van der Waals surface area contributed by atoms with Crippen LogP contribution < -0.4 is 5.73 Å². The zero-order chi connectivity index (χ0) is 15.6. The Morgan fingerprint density at radius 1 is 1.43 bits per heavy atom. The summed E-state index contributed by atoms with van der Waals surface area (Å²) in [4.78, 5) is 12.0. The lowest BCUT2D eigenvalue weighted by atomic mass is 9.99. The van der Waals surface area contributed by atoms with Crippen LogP contribution in [-0.4, -0.2) is 11.6 Å². The van der Waals surface area contributed by atoms with E-state index in [1.807, 2.05) is 32.9 Å². The molecule has 0 radical (unpaired) electrons. The van der Waals surface area contributed by atoms with E-state index in [1.54, 1.807) is 12.1 Å². The van der Waals surface area contributed by atoms with Gasteiger partial charge in [-0.15, -0.1) is 0 Å². The van der Waals surface area contributed by atoms with E-state index in [-0.39, 0.29) is 5.97 Å². The zero-order valence-electron chi connectivity index (χ0n) is 12.8. The summed E-state index contributed by atoms with van der Waals surface area (Å²) in [6, 6.07) is 5.49. The van der Waals surface area contributed by atoms with Gasteiger partial charge in [-0.1, -0.05) is 17.7 Å². The molecule has 1 aliphatic carbocycles. The van der Waals surface area contributed by atoms with Gasteiger partial charge in [0.15, 0.2) is 0 Å². The molecule has 0 aromatic heterocycles. The molecule has 0 unspecified atom stereocenters. The van der Waals surface area contributed by atoms with Crippen LogP contribution in [0.1, 0.15) is 45.6 Å². The van der Waals surface area contributed by atoms with Crippen LogP contribution in [0.15, 0.2) is 24.3 Å². The smallest absolute Gasteiger partial charge is 0.331 e. The summed E-state index contributed by atoms with van der Waals surface area (Å²) in [7, 11) is 0. The van der Waals surface area contributed by atoms with Gasteiger partial charge in [-0.25, -0.2) is 4.79 Å². The molecule has 1 aliphatic rings. The first-order valence-electron chi connectivity index (χ1n) is 7.23. The zero-order valence-corrected chi connectivity index (χ0v) is 13.5. The van der Waals surface area contributed by atoms with Gasteiger partial charge < -0.3 is 10.5 Å². The molecule has 21 heavy (non-hydrogen) atoms. The Hall–Kier alpha value is -1.48. The summed E-state index contributed by atoms with van der Waals surface area (Å²) < 4.78 is 5.37. The molecule has 0 bridgehead atoms. The molecule has 1 aromatic carbocycles. The van der Waals surface area contributed by atoms with Gasteiger partial charge in [0.1, 0.15) is 5.60 Å². The molecule has 0 spiro atoms. The highest BCUT2D eigenvalue weighted by Crippen LogP contribution is 2.39. The van der Waals surface area contributed by atoms with Crippen LogP contribution in [0.5, 0.6) is 0 Å². The Morgan fingerprint density at radius 2 is 2.10 bits per heavy atom. The Kier molecular flexibility index (Phi) is 4.62. The number of rotatable bonds is 4. The first-order chi connectivity index (χ1) is 9.74. The van der Waals surface area contributed by atoms with E-state index in [1.165, 1.54) is 12.8 Å². The number of hydrogen-bond acceptors (Lipinski definition) is 3. The average Bonchev–Trinajstić information content (AvgIpc) is 3.13. The first-order valence-corrected chi connectivity index (χ1v) is 7.61. The molecule has 0 heterocycles. The van der Waals surface area contributed by atoms with E-state index in [9.17, 15) is 4.79 Å². The van der Waals surface area contributed by atoms with Crippen molar-refractivity contribution in [3.05, 3.63) is 34.9 Å². The van der Waals surface area contributed by atoms with E-state index >= 15 is 0 Å². The minimum absolute atomic E-state index is 0.313. The predicted octanol–water partition coefficient (Wildman–Crippen LogP) is 4.45. The maximum absolute atomic E-state index is 12.0. The number of anilines is 1. The molecule has 0 saturated heterocycles. The number of esters is 1. The van der Waals surface area contributed by atoms with Crippen LogP contribution in [0.3, 0.4) is 0 Å². The lowest BCUT2D eigenvalue weighted by Gasteiger charge is -2.19. The Bertz CT molecular complexity index is 569. The molecule has 1 aromatic rings. The SMILES string of the molecule is CC(C)(C)OC(=O)C=C(CC1CC1)c1ccc(Cl)c(N)c1. The first kappa shape index (κ1) is 15.9. The summed E-state index contributed by atoms with van der Waals surface area (Å²) in [5.41, 5.74) is 7.81. The van der Waals surface area contributed by atoms with Gasteiger partial charge in [0.25, 0.3) is 0 Å². The Labute approximate surface area is 131 Å². The molecule has 0 amide bonds. The summed E-state index contributed by atoms with van der Waals surface area (Å²) in [6.07, 6.45) is 4.90. The van der Waals surface area contributed by atoms with Crippen molar-refractivity contribution in [3.8, 4) is 0 Å². The van der Waals surface area contributed by atoms with Crippen molar-refractivity contribution in [1.82, 2.24) is 0 Å². The third-order valence-electron chi connectivity index (χ3n) is 3.27. The molecule has 2 rings (SSSR count). The molecule has 1 saturated carbocycles. The monoisotopic (exact) mass is 307 g/mol. The molecule has 1 fully saturated rings. The third kappa shape index (κ3) is 5.09. The Balaban J connectivity index is 2.24. The fraction of sp³-hybridized carbons (Fsp3) is 0.471. The largest absolute Gasteiger partial charge is 0.457 e. The van der Waals surface area contributed by atoms with E-state index in [0.29, 0.717) is 16.6 Å². The maximum Gasteiger partial charge on any atom is 0.331 e. The highest BCUT2D eigenvalue weighted by molar-refractivity contribution is 6.33. The topological polar surface area (TPSA) is 52.3 Å². The number of carbonyl (C=O) groups excluding carboxylic acids is 1. The number of halogens is 1. The van der Waals surface area contributed by atoms with Crippen LogP contribution in [0, 0.1) is 5.92 Å². The van der Waals surface area contributed by atoms with Gasteiger partial charge in [-0.2, -0.15) is 0 Å². The number of benzene rings is 1. The van der Waals surface area contributed by atoms with Crippen molar-refractivity contribution >= 4 is 28.8 Å². The second kappa shape index (κ2) is 6.10. The maximum atomic E-state index is 12.0. The molecule has 114 valence electrons. The summed E-state index contributed by atoms with van der Waals surface area (Å²) in [6.45, 7) is 5.58. The van der Waals surface area contributed by atoms with Crippen molar-refractivity contribution in [3.63, 3.8) is 0 Å². The normalized spacial score (nSPS) is 15.9. The minimum atomic E-state index is -0.489. The van der Waals surface area contributed by atoms with E-state index in [0.717, 1.165) is 17.6 Å². The third-order valence-corrected chi connectivity index (χ3v) is 3.62. The number of nitrogens with two attached hydrogens (primary N) is 1. The summed E-state index contributed by atoms with van der Waals surface area (Å²) >= 11 is 5.96. The van der Waals surface area contributed by atoms with Gasteiger partial charge >= 0.3 is 5.97 Å². The van der Waals surface area contributed by atoms with Crippen molar-refractivity contribution in [1.29, 1.82) is 0 Å². The molecule has 4 heteroatoms. The van der Waals surface area contributed by atoms with Gasteiger partial charge in [0, 0.05) is 6.08 Å². The summed E-state index contributed by atoms with van der Waals surface area (Å²) in [5.74, 6) is 0.349. The van der Waals surface area contributed by atoms with E-state index < -0.39 is 5.60 Å². The van der Waals surface area contributed by atoms with Crippen LogP contribution >= 0.6 is 11.6 Å². The standard InChI is InChI=1S/C17H22ClNO2/c1-17(2,3)21-16(20)10-13(8-11-4-5-11)12-6-7-14(18)15(19)9-12/h6-7,9-11H,4-5,8,19H2,1-3H3. The fourth-order valence-electron chi connectivity index (χ4n) is 2.11. The minimum Gasteiger partial charge on any atom is -0.457 e. The average molecular weight is 308 g/mol. The number of allylic oxidation sites excluding steroid dienone is 1. The lowest BCUT2D eigenvalue weighted by molar-refractivity contribution is -0.148. The number of carbonyl (C=O) groups is 1. The van der Waals surface area contributed by atoms with E-state index in [4.69, 9.17) is 22.1 Å².